The first kappa shape index (κ1) is 9.35. The number of hydrogen-bond acceptors (Lipinski definition) is 5. The van der Waals surface area contributed by atoms with E-state index in [0.29, 0.717) is 11.7 Å². The Hall–Kier alpha value is -1.88. The molecule has 1 aliphatic heterocycles. The Morgan fingerprint density at radius 2 is 2.31 bits per heavy atom. The van der Waals surface area contributed by atoms with Gasteiger partial charge in [-0.15, -0.1) is 0 Å². The van der Waals surface area contributed by atoms with E-state index >= 15 is 0 Å². The summed E-state index contributed by atoms with van der Waals surface area (Å²) in [6, 6.07) is 5.76. The topological polar surface area (TPSA) is 68.4 Å². The van der Waals surface area contributed by atoms with Crippen LogP contribution in [0.3, 0.4) is 0 Å². The van der Waals surface area contributed by atoms with Crippen LogP contribution < -0.4 is 4.74 Å². The molecule has 16 heavy (non-hydrogen) atoms. The van der Waals surface area contributed by atoms with Crippen molar-refractivity contribution >= 4 is 0 Å². The summed E-state index contributed by atoms with van der Waals surface area (Å²) in [6.45, 7) is 0.516. The third-order valence-corrected chi connectivity index (χ3v) is 2.55. The highest BCUT2D eigenvalue weighted by Gasteiger charge is 2.15. The maximum Gasteiger partial charge on any atom is 0.258 e. The molecule has 0 saturated heterocycles. The third-order valence-electron chi connectivity index (χ3n) is 2.55. The molecule has 0 unspecified atom stereocenters. The van der Waals surface area contributed by atoms with Gasteiger partial charge < -0.3 is 14.4 Å². The van der Waals surface area contributed by atoms with Crippen LogP contribution in [0, 0.1) is 0 Å². The number of nitrogens with zero attached hydrogens (tertiary/aromatic N) is 2. The summed E-state index contributed by atoms with van der Waals surface area (Å²) in [5.41, 5.74) is 2.01. The zero-order valence-electron chi connectivity index (χ0n) is 8.51. The van der Waals surface area contributed by atoms with Gasteiger partial charge in [-0.2, -0.15) is 4.98 Å². The Balaban J connectivity index is 2.00. The molecule has 0 atom stereocenters. The molecule has 1 aliphatic rings. The summed E-state index contributed by atoms with van der Waals surface area (Å²) in [6.07, 6.45) is 0.907. The fourth-order valence-corrected chi connectivity index (χ4v) is 1.76. The lowest BCUT2D eigenvalue weighted by Crippen LogP contribution is -1.85. The highest BCUT2D eigenvalue weighted by Crippen LogP contribution is 2.29. The highest BCUT2D eigenvalue weighted by atomic mass is 16.5. The molecule has 3 rings (SSSR count). The predicted octanol–water partition coefficient (Wildman–Crippen LogP) is 1.16. The molecule has 1 N–H and O–H groups in total. The molecule has 5 nitrogen and oxygen atoms in total. The van der Waals surface area contributed by atoms with Crippen molar-refractivity contribution in [3.8, 4) is 17.2 Å². The van der Waals surface area contributed by atoms with Crippen LogP contribution in [0.1, 0.15) is 11.4 Å². The minimum absolute atomic E-state index is 0.211. The zero-order chi connectivity index (χ0) is 11.0. The summed E-state index contributed by atoms with van der Waals surface area (Å²) in [5.74, 6) is 1.65. The first-order valence-corrected chi connectivity index (χ1v) is 5.06. The Morgan fingerprint density at radius 3 is 3.12 bits per heavy atom. The average Bonchev–Trinajstić information content (AvgIpc) is 2.96. The Labute approximate surface area is 91.7 Å². The zero-order valence-corrected chi connectivity index (χ0v) is 8.51. The van der Waals surface area contributed by atoms with Crippen molar-refractivity contribution in [1.82, 2.24) is 10.1 Å². The van der Waals surface area contributed by atoms with Gasteiger partial charge >= 0.3 is 0 Å². The van der Waals surface area contributed by atoms with Gasteiger partial charge in [0, 0.05) is 12.0 Å². The standard InChI is InChI=1S/C11H10N2O3/c14-6-10-12-11(16-13-10)8-1-2-9-7(5-8)3-4-15-9/h1-2,5,14H,3-4,6H2. The quantitative estimate of drug-likeness (QED) is 0.819. The molecule has 0 aliphatic carbocycles. The van der Waals surface area contributed by atoms with Crippen molar-refractivity contribution in [2.45, 2.75) is 13.0 Å². The van der Waals surface area contributed by atoms with Gasteiger partial charge in [0.1, 0.15) is 12.4 Å². The highest BCUT2D eigenvalue weighted by molar-refractivity contribution is 5.57. The minimum atomic E-state index is -0.211. The summed E-state index contributed by atoms with van der Waals surface area (Å²) < 4.78 is 10.4. The van der Waals surface area contributed by atoms with Gasteiger partial charge in [-0.05, 0) is 23.8 Å². The van der Waals surface area contributed by atoms with Gasteiger partial charge in [-0.25, -0.2) is 0 Å². The molecule has 0 bridgehead atoms. The van der Waals surface area contributed by atoms with Crippen molar-refractivity contribution < 1.29 is 14.4 Å². The number of hydrogen-bond donors (Lipinski definition) is 1. The SMILES string of the molecule is OCc1noc(-c2ccc3c(c2)CCO3)n1. The molecule has 2 aromatic rings. The maximum atomic E-state index is 8.85. The van der Waals surface area contributed by atoms with Crippen molar-refractivity contribution in [2.24, 2.45) is 0 Å². The smallest absolute Gasteiger partial charge is 0.258 e. The molecule has 1 aromatic heterocycles. The molecule has 0 fully saturated rings. The number of aromatic nitrogens is 2. The van der Waals surface area contributed by atoms with E-state index in [1.165, 1.54) is 0 Å². The van der Waals surface area contributed by atoms with Crippen LogP contribution in [-0.2, 0) is 13.0 Å². The lowest BCUT2D eigenvalue weighted by molar-refractivity contribution is 0.264. The molecular formula is C11H10N2O3. The summed E-state index contributed by atoms with van der Waals surface area (Å²) in [4.78, 5) is 4.06. The molecular weight excluding hydrogens is 208 g/mol. The molecule has 0 amide bonds. The van der Waals surface area contributed by atoms with Crippen LogP contribution in [0.2, 0.25) is 0 Å². The monoisotopic (exact) mass is 218 g/mol. The van der Waals surface area contributed by atoms with Crippen LogP contribution >= 0.6 is 0 Å². The molecule has 82 valence electrons. The van der Waals surface area contributed by atoms with E-state index in [4.69, 9.17) is 14.4 Å². The van der Waals surface area contributed by atoms with Crippen molar-refractivity contribution in [2.75, 3.05) is 6.61 Å². The fourth-order valence-electron chi connectivity index (χ4n) is 1.76. The van der Waals surface area contributed by atoms with Crippen LogP contribution in [0.15, 0.2) is 22.7 Å². The number of aliphatic hydroxyl groups is 1. The van der Waals surface area contributed by atoms with Crippen molar-refractivity contribution in [3.05, 3.63) is 29.6 Å². The van der Waals surface area contributed by atoms with E-state index < -0.39 is 0 Å². The first-order chi connectivity index (χ1) is 7.86. The van der Waals surface area contributed by atoms with Crippen molar-refractivity contribution in [3.63, 3.8) is 0 Å². The Bertz CT molecular complexity index is 522. The van der Waals surface area contributed by atoms with Gasteiger partial charge in [0.15, 0.2) is 5.82 Å². The minimum Gasteiger partial charge on any atom is -0.493 e. The fraction of sp³-hybridized carbons (Fsp3) is 0.273. The second-order valence-electron chi connectivity index (χ2n) is 3.59. The van der Waals surface area contributed by atoms with Gasteiger partial charge in [-0.1, -0.05) is 5.16 Å². The van der Waals surface area contributed by atoms with E-state index in [1.54, 1.807) is 0 Å². The Morgan fingerprint density at radius 1 is 1.38 bits per heavy atom. The van der Waals surface area contributed by atoms with Crippen LogP contribution in [-0.4, -0.2) is 21.9 Å². The third kappa shape index (κ3) is 1.45. The average molecular weight is 218 g/mol. The first-order valence-electron chi connectivity index (χ1n) is 5.06. The summed E-state index contributed by atoms with van der Waals surface area (Å²) >= 11 is 0. The van der Waals surface area contributed by atoms with Gasteiger partial charge in [0.2, 0.25) is 0 Å². The number of benzene rings is 1. The molecule has 5 heteroatoms. The second-order valence-corrected chi connectivity index (χ2v) is 3.59. The van der Waals surface area contributed by atoms with E-state index in [2.05, 4.69) is 10.1 Å². The van der Waals surface area contributed by atoms with E-state index in [0.717, 1.165) is 29.9 Å². The summed E-state index contributed by atoms with van der Waals surface area (Å²) in [5, 5.41) is 12.5. The number of fused-ring (bicyclic) bond motifs is 1. The largest absolute Gasteiger partial charge is 0.493 e. The Kier molecular flexibility index (Phi) is 2.11. The molecule has 0 saturated carbocycles. The van der Waals surface area contributed by atoms with Crippen LogP contribution in [0.5, 0.6) is 5.75 Å². The molecule has 2 heterocycles. The van der Waals surface area contributed by atoms with E-state index in [1.807, 2.05) is 18.2 Å². The number of ether oxygens (including phenoxy) is 1. The van der Waals surface area contributed by atoms with Gasteiger partial charge in [0.25, 0.3) is 5.89 Å². The van der Waals surface area contributed by atoms with Crippen LogP contribution in [0.25, 0.3) is 11.5 Å². The number of aliphatic hydroxyl groups excluding tert-OH is 1. The van der Waals surface area contributed by atoms with Gasteiger partial charge in [0.05, 0.1) is 6.61 Å². The molecule has 0 spiro atoms. The molecule has 0 radical (unpaired) electrons. The second kappa shape index (κ2) is 3.61. The van der Waals surface area contributed by atoms with E-state index in [9.17, 15) is 0 Å². The van der Waals surface area contributed by atoms with Crippen molar-refractivity contribution in [1.29, 1.82) is 0 Å². The lowest BCUT2D eigenvalue weighted by Gasteiger charge is -1.99. The number of rotatable bonds is 2. The maximum absolute atomic E-state index is 8.85. The van der Waals surface area contributed by atoms with E-state index in [-0.39, 0.29) is 6.61 Å². The molecule has 1 aromatic carbocycles. The van der Waals surface area contributed by atoms with Crippen LogP contribution in [0.4, 0.5) is 0 Å². The normalized spacial score (nSPS) is 13.6. The summed E-state index contributed by atoms with van der Waals surface area (Å²) in [7, 11) is 0. The van der Waals surface area contributed by atoms with Gasteiger partial charge in [-0.3, -0.25) is 0 Å². The predicted molar refractivity (Wildman–Crippen MR) is 54.9 cm³/mol. The lowest BCUT2D eigenvalue weighted by atomic mass is 10.1.